The van der Waals surface area contributed by atoms with E-state index in [2.05, 4.69) is 10.1 Å². The summed E-state index contributed by atoms with van der Waals surface area (Å²) in [6.07, 6.45) is 0. The van der Waals surface area contributed by atoms with Crippen molar-refractivity contribution in [3.63, 3.8) is 0 Å². The number of rotatable bonds is 7. The highest BCUT2D eigenvalue weighted by atomic mass is 32.1. The van der Waals surface area contributed by atoms with Crippen LogP contribution in [0.15, 0.2) is 21.3 Å². The van der Waals surface area contributed by atoms with Crippen LogP contribution < -0.4 is 0 Å². The van der Waals surface area contributed by atoms with Crippen molar-refractivity contribution in [3.8, 4) is 11.5 Å². The van der Waals surface area contributed by atoms with E-state index in [9.17, 15) is 4.79 Å². The van der Waals surface area contributed by atoms with E-state index < -0.39 is 0 Å². The Morgan fingerprint density at radius 3 is 3.00 bits per heavy atom. The van der Waals surface area contributed by atoms with Gasteiger partial charge in [-0.2, -0.15) is 16.3 Å². The average Bonchev–Trinajstić information content (AvgIpc) is 3.08. The van der Waals surface area contributed by atoms with Crippen molar-refractivity contribution in [3.05, 3.63) is 22.7 Å². The fourth-order valence-corrected chi connectivity index (χ4v) is 2.32. The van der Waals surface area contributed by atoms with Crippen LogP contribution in [-0.2, 0) is 16.1 Å². The van der Waals surface area contributed by atoms with Crippen molar-refractivity contribution >= 4 is 17.3 Å². The third-order valence-corrected chi connectivity index (χ3v) is 3.39. The number of ether oxygens (including phenoxy) is 1. The van der Waals surface area contributed by atoms with Gasteiger partial charge in [-0.05, 0) is 24.9 Å². The number of esters is 1. The van der Waals surface area contributed by atoms with Gasteiger partial charge in [0.05, 0.1) is 25.3 Å². The maximum Gasteiger partial charge on any atom is 0.320 e. The molecule has 0 aliphatic rings. The van der Waals surface area contributed by atoms with Gasteiger partial charge in [-0.1, -0.05) is 12.1 Å². The van der Waals surface area contributed by atoms with E-state index in [1.54, 1.807) is 18.3 Å². The van der Waals surface area contributed by atoms with Gasteiger partial charge in [0.2, 0.25) is 0 Å². The number of carbonyl (C=O) groups excluding carboxylic acids is 1. The topological polar surface area (TPSA) is 68.5 Å². The molecule has 0 amide bonds. The summed E-state index contributed by atoms with van der Waals surface area (Å²) in [5.74, 6) is 0.835. The molecule has 2 heterocycles. The maximum absolute atomic E-state index is 11.5. The molecule has 7 heteroatoms. The monoisotopic (exact) mass is 295 g/mol. The first kappa shape index (κ1) is 14.7. The van der Waals surface area contributed by atoms with Crippen LogP contribution in [0.1, 0.15) is 19.7 Å². The number of nitrogens with zero attached hydrogens (tertiary/aromatic N) is 3. The third-order valence-electron chi connectivity index (χ3n) is 2.71. The van der Waals surface area contributed by atoms with Crippen LogP contribution in [0.2, 0.25) is 0 Å². The largest absolute Gasteiger partial charge is 0.465 e. The van der Waals surface area contributed by atoms with Gasteiger partial charge in [-0.15, -0.1) is 0 Å². The highest BCUT2D eigenvalue weighted by Crippen LogP contribution is 2.20. The van der Waals surface area contributed by atoms with Crippen LogP contribution in [-0.4, -0.2) is 40.7 Å². The molecule has 0 aliphatic heterocycles. The Morgan fingerprint density at radius 2 is 2.35 bits per heavy atom. The second kappa shape index (κ2) is 7.16. The Morgan fingerprint density at radius 1 is 1.50 bits per heavy atom. The number of thiophene rings is 1. The van der Waals surface area contributed by atoms with E-state index in [0.29, 0.717) is 31.4 Å². The summed E-state index contributed by atoms with van der Waals surface area (Å²) >= 11 is 1.58. The van der Waals surface area contributed by atoms with Gasteiger partial charge in [0.25, 0.3) is 5.89 Å². The fraction of sp³-hybridized carbons (Fsp3) is 0.462. The molecule has 6 nitrogen and oxygen atoms in total. The minimum atomic E-state index is -0.240. The van der Waals surface area contributed by atoms with Crippen LogP contribution in [0.3, 0.4) is 0 Å². The predicted molar refractivity (Wildman–Crippen MR) is 75.2 cm³/mol. The van der Waals surface area contributed by atoms with Gasteiger partial charge in [-0.3, -0.25) is 9.69 Å². The zero-order chi connectivity index (χ0) is 14.4. The van der Waals surface area contributed by atoms with Crippen LogP contribution in [0.4, 0.5) is 0 Å². The molecule has 0 aliphatic carbocycles. The second-order valence-electron chi connectivity index (χ2n) is 4.14. The highest BCUT2D eigenvalue weighted by molar-refractivity contribution is 7.08. The molecule has 0 radical (unpaired) electrons. The van der Waals surface area contributed by atoms with Crippen LogP contribution in [0.25, 0.3) is 11.5 Å². The number of carbonyl (C=O) groups is 1. The van der Waals surface area contributed by atoms with Crippen molar-refractivity contribution in [2.75, 3.05) is 19.7 Å². The lowest BCUT2D eigenvalue weighted by Crippen LogP contribution is -2.30. The standard InChI is InChI=1S/C13H17N3O3S/c1-3-16(8-12(17)18-4-2)7-11-14-13(19-15-11)10-5-6-20-9-10/h5-6,9H,3-4,7-8H2,1-2H3. The van der Waals surface area contributed by atoms with Crippen molar-refractivity contribution in [1.29, 1.82) is 0 Å². The molecule has 0 saturated carbocycles. The molecule has 0 aromatic carbocycles. The molecule has 2 rings (SSSR count). The quantitative estimate of drug-likeness (QED) is 0.729. The van der Waals surface area contributed by atoms with E-state index in [1.165, 1.54) is 0 Å². The lowest BCUT2D eigenvalue weighted by Gasteiger charge is -2.16. The van der Waals surface area contributed by atoms with E-state index in [-0.39, 0.29) is 12.5 Å². The van der Waals surface area contributed by atoms with Gasteiger partial charge < -0.3 is 9.26 Å². The summed E-state index contributed by atoms with van der Waals surface area (Å²) < 4.78 is 10.1. The second-order valence-corrected chi connectivity index (χ2v) is 4.92. The minimum Gasteiger partial charge on any atom is -0.465 e. The van der Waals surface area contributed by atoms with E-state index in [1.807, 2.05) is 28.7 Å². The Labute approximate surface area is 121 Å². The molecule has 0 fully saturated rings. The molecule has 108 valence electrons. The fourth-order valence-electron chi connectivity index (χ4n) is 1.69. The van der Waals surface area contributed by atoms with Crippen LogP contribution >= 0.6 is 11.3 Å². The molecule has 0 unspecified atom stereocenters. The van der Waals surface area contributed by atoms with Crippen LogP contribution in [0.5, 0.6) is 0 Å². The molecule has 0 spiro atoms. The van der Waals surface area contributed by atoms with E-state index in [0.717, 1.165) is 5.56 Å². The lowest BCUT2D eigenvalue weighted by atomic mass is 10.3. The lowest BCUT2D eigenvalue weighted by molar-refractivity contribution is -0.144. The van der Waals surface area contributed by atoms with Crippen molar-refractivity contribution in [1.82, 2.24) is 15.0 Å². The zero-order valence-corrected chi connectivity index (χ0v) is 12.4. The number of hydrogen-bond donors (Lipinski definition) is 0. The third kappa shape index (κ3) is 3.88. The summed E-state index contributed by atoms with van der Waals surface area (Å²) in [6, 6.07) is 1.93. The molecular formula is C13H17N3O3S. The number of likely N-dealkylation sites (N-methyl/N-ethyl adjacent to an activating group) is 1. The maximum atomic E-state index is 11.5. The predicted octanol–water partition coefficient (Wildman–Crippen LogP) is 2.18. The molecule has 0 bridgehead atoms. The summed E-state index contributed by atoms with van der Waals surface area (Å²) in [6.45, 7) is 5.55. The molecular weight excluding hydrogens is 278 g/mol. The Hall–Kier alpha value is -1.73. The first-order chi connectivity index (χ1) is 9.72. The van der Waals surface area contributed by atoms with Crippen molar-refractivity contribution in [2.24, 2.45) is 0 Å². The molecule has 0 N–H and O–H groups in total. The zero-order valence-electron chi connectivity index (χ0n) is 11.5. The minimum absolute atomic E-state index is 0.229. The van der Waals surface area contributed by atoms with Crippen molar-refractivity contribution < 1.29 is 14.1 Å². The molecule has 0 saturated heterocycles. The summed E-state index contributed by atoms with van der Waals surface area (Å²) in [5.41, 5.74) is 0.919. The number of hydrogen-bond acceptors (Lipinski definition) is 7. The van der Waals surface area contributed by atoms with E-state index in [4.69, 9.17) is 9.26 Å². The summed E-state index contributed by atoms with van der Waals surface area (Å²) in [5, 5.41) is 7.85. The van der Waals surface area contributed by atoms with Gasteiger partial charge in [-0.25, -0.2) is 0 Å². The first-order valence-corrected chi connectivity index (χ1v) is 7.40. The molecule has 20 heavy (non-hydrogen) atoms. The van der Waals surface area contributed by atoms with Gasteiger partial charge >= 0.3 is 5.97 Å². The SMILES string of the molecule is CCOC(=O)CN(CC)Cc1noc(-c2ccsc2)n1. The molecule has 2 aromatic heterocycles. The van der Waals surface area contributed by atoms with E-state index >= 15 is 0 Å². The molecule has 0 atom stereocenters. The molecule has 2 aromatic rings. The highest BCUT2D eigenvalue weighted by Gasteiger charge is 2.15. The van der Waals surface area contributed by atoms with Crippen LogP contribution in [0, 0.1) is 0 Å². The average molecular weight is 295 g/mol. The van der Waals surface area contributed by atoms with Gasteiger partial charge in [0.15, 0.2) is 5.82 Å². The summed E-state index contributed by atoms with van der Waals surface area (Å²) in [4.78, 5) is 17.7. The van der Waals surface area contributed by atoms with Crippen molar-refractivity contribution in [2.45, 2.75) is 20.4 Å². The smallest absolute Gasteiger partial charge is 0.320 e. The Kier molecular flexibility index (Phi) is 5.25. The number of aromatic nitrogens is 2. The normalized spacial score (nSPS) is 10.9. The Bertz CT molecular complexity index is 539. The van der Waals surface area contributed by atoms with Gasteiger partial charge in [0, 0.05) is 5.38 Å². The first-order valence-electron chi connectivity index (χ1n) is 6.46. The Balaban J connectivity index is 1.96. The van der Waals surface area contributed by atoms with Gasteiger partial charge in [0.1, 0.15) is 0 Å². The summed E-state index contributed by atoms with van der Waals surface area (Å²) in [7, 11) is 0.